The van der Waals surface area contributed by atoms with Crippen LogP contribution in [0.1, 0.15) is 70.6 Å². The monoisotopic (exact) mass is 308 g/mol. The summed E-state index contributed by atoms with van der Waals surface area (Å²) in [5, 5.41) is 13.5. The zero-order valence-corrected chi connectivity index (χ0v) is 13.8. The summed E-state index contributed by atoms with van der Waals surface area (Å²) in [7, 11) is 0. The number of carbonyl (C=O) groups is 1. The van der Waals surface area contributed by atoms with Crippen molar-refractivity contribution in [3.63, 3.8) is 0 Å². The maximum Gasteiger partial charge on any atom is 0.223 e. The van der Waals surface area contributed by atoms with Gasteiger partial charge in [0.1, 0.15) is 0 Å². The third-order valence-corrected chi connectivity index (χ3v) is 6.01. The smallest absolute Gasteiger partial charge is 0.223 e. The molecule has 4 nitrogen and oxygen atoms in total. The van der Waals surface area contributed by atoms with Crippen LogP contribution >= 0.6 is 0 Å². The molecule has 2 atom stereocenters. The highest BCUT2D eigenvalue weighted by Gasteiger charge is 2.32. The summed E-state index contributed by atoms with van der Waals surface area (Å²) in [6.07, 6.45) is 12.4. The molecule has 2 unspecified atom stereocenters. The van der Waals surface area contributed by atoms with E-state index in [0.29, 0.717) is 18.0 Å². The van der Waals surface area contributed by atoms with E-state index in [1.807, 2.05) is 0 Å². The van der Waals surface area contributed by atoms with Gasteiger partial charge in [-0.3, -0.25) is 9.69 Å². The van der Waals surface area contributed by atoms with E-state index in [1.165, 1.54) is 32.1 Å². The molecular formula is C18H32N2O2. The molecule has 1 heterocycles. The van der Waals surface area contributed by atoms with Crippen molar-refractivity contribution >= 4 is 5.91 Å². The molecule has 2 N–H and O–H groups in total. The Bertz CT molecular complexity index is 360. The van der Waals surface area contributed by atoms with Gasteiger partial charge in [-0.1, -0.05) is 32.1 Å². The Morgan fingerprint density at radius 2 is 1.50 bits per heavy atom. The molecule has 0 aromatic rings. The fourth-order valence-electron chi connectivity index (χ4n) is 4.58. The van der Waals surface area contributed by atoms with Crippen molar-refractivity contribution in [3.05, 3.63) is 0 Å². The number of rotatable bonds is 3. The summed E-state index contributed by atoms with van der Waals surface area (Å²) in [6, 6.07) is 0.718. The zero-order chi connectivity index (χ0) is 15.4. The average molecular weight is 308 g/mol. The minimum Gasteiger partial charge on any atom is -0.391 e. The van der Waals surface area contributed by atoms with Crippen LogP contribution in [0.3, 0.4) is 0 Å². The number of nitrogens with zero attached hydrogens (tertiary/aromatic N) is 1. The summed E-state index contributed by atoms with van der Waals surface area (Å²) in [4.78, 5) is 14.8. The molecule has 4 heteroatoms. The molecule has 3 fully saturated rings. The first-order valence-electron chi connectivity index (χ1n) is 9.46. The van der Waals surface area contributed by atoms with Gasteiger partial charge in [0.25, 0.3) is 0 Å². The summed E-state index contributed by atoms with van der Waals surface area (Å²) < 4.78 is 0. The Balaban J connectivity index is 1.42. The van der Waals surface area contributed by atoms with E-state index in [9.17, 15) is 9.90 Å². The number of likely N-dealkylation sites (tertiary alicyclic amines) is 1. The maximum absolute atomic E-state index is 12.3. The minimum absolute atomic E-state index is 0.137. The van der Waals surface area contributed by atoms with E-state index < -0.39 is 0 Å². The molecule has 0 bridgehead atoms. The molecule has 22 heavy (non-hydrogen) atoms. The summed E-state index contributed by atoms with van der Waals surface area (Å²) in [5.74, 6) is 0.572. The van der Waals surface area contributed by atoms with Crippen LogP contribution in [-0.4, -0.2) is 47.2 Å². The predicted molar refractivity (Wildman–Crippen MR) is 87.6 cm³/mol. The molecule has 3 rings (SSSR count). The van der Waals surface area contributed by atoms with Crippen LogP contribution in [0.25, 0.3) is 0 Å². The van der Waals surface area contributed by atoms with Crippen molar-refractivity contribution in [3.8, 4) is 0 Å². The molecule has 2 saturated carbocycles. The number of piperidine rings is 1. The van der Waals surface area contributed by atoms with E-state index >= 15 is 0 Å². The second-order valence-corrected chi connectivity index (χ2v) is 7.57. The van der Waals surface area contributed by atoms with E-state index in [-0.39, 0.29) is 12.0 Å². The Morgan fingerprint density at radius 3 is 2.18 bits per heavy atom. The normalized spacial score (nSPS) is 32.8. The quantitative estimate of drug-likeness (QED) is 0.842. The predicted octanol–water partition coefficient (Wildman–Crippen LogP) is 2.45. The molecule has 126 valence electrons. The molecule has 1 amide bonds. The largest absolute Gasteiger partial charge is 0.391 e. The number of hydrogen-bond acceptors (Lipinski definition) is 3. The number of amides is 1. The Morgan fingerprint density at radius 1 is 0.864 bits per heavy atom. The lowest BCUT2D eigenvalue weighted by atomic mass is 9.87. The van der Waals surface area contributed by atoms with Crippen molar-refractivity contribution in [2.24, 2.45) is 5.92 Å². The SMILES string of the molecule is O=C(NC1CCN(C2CCCCC2O)CC1)C1CCCCC1. The Kier molecular flexibility index (Phi) is 5.75. The molecule has 1 aliphatic heterocycles. The van der Waals surface area contributed by atoms with E-state index in [0.717, 1.165) is 51.6 Å². The number of hydrogen-bond donors (Lipinski definition) is 2. The third kappa shape index (κ3) is 4.02. The van der Waals surface area contributed by atoms with Crippen LogP contribution < -0.4 is 5.32 Å². The summed E-state index contributed by atoms with van der Waals surface area (Å²) >= 11 is 0. The van der Waals surface area contributed by atoms with Crippen molar-refractivity contribution in [1.29, 1.82) is 0 Å². The number of nitrogens with one attached hydrogen (secondary N) is 1. The second-order valence-electron chi connectivity index (χ2n) is 7.57. The standard InChI is InChI=1S/C18H32N2O2/c21-17-9-5-4-8-16(17)20-12-10-15(11-13-20)19-18(22)14-6-2-1-3-7-14/h14-17,21H,1-13H2,(H,19,22). The zero-order valence-electron chi connectivity index (χ0n) is 13.8. The maximum atomic E-state index is 12.3. The van der Waals surface area contributed by atoms with Crippen LogP contribution in [0.15, 0.2) is 0 Å². The Labute approximate surface area is 134 Å². The lowest BCUT2D eigenvalue weighted by molar-refractivity contribution is -0.127. The third-order valence-electron chi connectivity index (χ3n) is 6.01. The van der Waals surface area contributed by atoms with Gasteiger partial charge in [-0.25, -0.2) is 0 Å². The molecule has 0 aromatic heterocycles. The topological polar surface area (TPSA) is 52.6 Å². The van der Waals surface area contributed by atoms with Crippen molar-refractivity contribution in [2.45, 2.75) is 88.8 Å². The number of aliphatic hydroxyl groups is 1. The molecule has 3 aliphatic rings. The fraction of sp³-hybridized carbons (Fsp3) is 0.944. The first kappa shape index (κ1) is 16.3. The summed E-state index contributed by atoms with van der Waals surface area (Å²) in [6.45, 7) is 2.05. The number of carbonyl (C=O) groups excluding carboxylic acids is 1. The fourth-order valence-corrected chi connectivity index (χ4v) is 4.58. The second kappa shape index (κ2) is 7.78. The van der Waals surface area contributed by atoms with Crippen LogP contribution in [-0.2, 0) is 4.79 Å². The van der Waals surface area contributed by atoms with Gasteiger partial charge >= 0.3 is 0 Å². The van der Waals surface area contributed by atoms with Gasteiger partial charge in [0.05, 0.1) is 6.10 Å². The highest BCUT2D eigenvalue weighted by molar-refractivity contribution is 5.79. The molecule has 1 saturated heterocycles. The molecule has 2 aliphatic carbocycles. The first-order chi connectivity index (χ1) is 10.7. The molecule has 0 aromatic carbocycles. The first-order valence-corrected chi connectivity index (χ1v) is 9.46. The number of aliphatic hydroxyl groups excluding tert-OH is 1. The molecule has 0 spiro atoms. The van der Waals surface area contributed by atoms with Crippen molar-refractivity contribution < 1.29 is 9.90 Å². The van der Waals surface area contributed by atoms with Crippen LogP contribution in [0.2, 0.25) is 0 Å². The Hall–Kier alpha value is -0.610. The summed E-state index contributed by atoms with van der Waals surface area (Å²) in [5.41, 5.74) is 0. The van der Waals surface area contributed by atoms with Gasteiger partial charge < -0.3 is 10.4 Å². The molecular weight excluding hydrogens is 276 g/mol. The van der Waals surface area contributed by atoms with Gasteiger partial charge in [0.2, 0.25) is 5.91 Å². The lowest BCUT2D eigenvalue weighted by Crippen LogP contribution is -2.52. The van der Waals surface area contributed by atoms with Crippen LogP contribution in [0.5, 0.6) is 0 Å². The van der Waals surface area contributed by atoms with Gasteiger partial charge in [-0.05, 0) is 38.5 Å². The lowest BCUT2D eigenvalue weighted by Gasteiger charge is -2.41. The van der Waals surface area contributed by atoms with Gasteiger partial charge in [0, 0.05) is 31.1 Å². The van der Waals surface area contributed by atoms with Gasteiger partial charge in [0.15, 0.2) is 0 Å². The van der Waals surface area contributed by atoms with Crippen LogP contribution in [0.4, 0.5) is 0 Å². The highest BCUT2D eigenvalue weighted by Crippen LogP contribution is 2.27. The van der Waals surface area contributed by atoms with Gasteiger partial charge in [-0.2, -0.15) is 0 Å². The minimum atomic E-state index is -0.137. The van der Waals surface area contributed by atoms with E-state index in [4.69, 9.17) is 0 Å². The highest BCUT2D eigenvalue weighted by atomic mass is 16.3. The van der Waals surface area contributed by atoms with E-state index in [2.05, 4.69) is 10.2 Å². The van der Waals surface area contributed by atoms with Crippen LogP contribution in [0, 0.1) is 5.92 Å². The van der Waals surface area contributed by atoms with E-state index in [1.54, 1.807) is 0 Å². The van der Waals surface area contributed by atoms with Gasteiger partial charge in [-0.15, -0.1) is 0 Å². The molecule has 0 radical (unpaired) electrons. The van der Waals surface area contributed by atoms with Crippen molar-refractivity contribution in [1.82, 2.24) is 10.2 Å². The van der Waals surface area contributed by atoms with Crippen molar-refractivity contribution in [2.75, 3.05) is 13.1 Å². The average Bonchev–Trinajstić information content (AvgIpc) is 2.57.